The summed E-state index contributed by atoms with van der Waals surface area (Å²) >= 11 is 0. The lowest BCUT2D eigenvalue weighted by molar-refractivity contribution is -0.265. The lowest BCUT2D eigenvalue weighted by Gasteiger charge is -2.42. The average molecular weight is 914 g/mol. The maximum atomic E-state index is 14.4. The second-order valence-corrected chi connectivity index (χ2v) is 19.6. The number of nitrogens with zero attached hydrogens (tertiary/aromatic N) is 1. The molecule has 0 aromatic carbocycles. The van der Waals surface area contributed by atoms with Gasteiger partial charge < -0.3 is 43.9 Å². The van der Waals surface area contributed by atoms with Crippen LogP contribution < -0.4 is 0 Å². The fourth-order valence-electron chi connectivity index (χ4n) is 10.1. The van der Waals surface area contributed by atoms with Crippen LogP contribution >= 0.6 is 0 Å². The summed E-state index contributed by atoms with van der Waals surface area (Å²) in [6.45, 7) is 12.7. The Balaban J connectivity index is 1.70. The van der Waals surface area contributed by atoms with Gasteiger partial charge in [0, 0.05) is 58.5 Å². The minimum atomic E-state index is -2.43. The Morgan fingerprint density at radius 3 is 2.25 bits per heavy atom. The lowest BCUT2D eigenvalue weighted by atomic mass is 9.78. The summed E-state index contributed by atoms with van der Waals surface area (Å²) in [6, 6.07) is -1.14. The predicted octanol–water partition coefficient (Wildman–Crippen LogP) is 6.18. The molecule has 1 aliphatic carbocycles. The van der Waals surface area contributed by atoms with Crippen LogP contribution in [0.3, 0.4) is 0 Å². The molecule has 3 heterocycles. The number of rotatable bonds is 6. The third-order valence-corrected chi connectivity index (χ3v) is 14.5. The zero-order chi connectivity index (χ0) is 48.2. The first-order valence-corrected chi connectivity index (χ1v) is 23.9. The molecule has 2 saturated heterocycles. The fraction of sp³-hybridized carbons (Fsp3) is 0.745. The van der Waals surface area contributed by atoms with Crippen LogP contribution in [0.15, 0.2) is 47.6 Å². The topological polar surface area (TPSA) is 195 Å². The van der Waals surface area contributed by atoms with Crippen LogP contribution in [0, 0.1) is 35.5 Å². The number of esters is 1. The number of hydrogen-bond donors (Lipinski definition) is 3. The van der Waals surface area contributed by atoms with Gasteiger partial charge in [0.25, 0.3) is 11.7 Å². The number of piperidine rings is 1. The minimum absolute atomic E-state index is 0.0193. The Bertz CT molecular complexity index is 1760. The van der Waals surface area contributed by atoms with Crippen molar-refractivity contribution >= 4 is 29.2 Å². The third-order valence-electron chi connectivity index (χ3n) is 14.5. The summed E-state index contributed by atoms with van der Waals surface area (Å²) in [5.41, 5.74) is 1.27. The van der Waals surface area contributed by atoms with Crippen LogP contribution in [0.5, 0.6) is 0 Å². The molecule has 3 N–H and O–H groups in total. The number of cyclic esters (lactones) is 1. The van der Waals surface area contributed by atoms with Crippen molar-refractivity contribution < 1.29 is 63.0 Å². The van der Waals surface area contributed by atoms with Gasteiger partial charge in [0.1, 0.15) is 30.1 Å². The van der Waals surface area contributed by atoms with Crippen molar-refractivity contribution in [1.29, 1.82) is 0 Å². The highest BCUT2D eigenvalue weighted by atomic mass is 16.6. The first-order chi connectivity index (χ1) is 30.7. The van der Waals surface area contributed by atoms with Gasteiger partial charge >= 0.3 is 5.97 Å². The van der Waals surface area contributed by atoms with Gasteiger partial charge in [-0.15, -0.1) is 0 Å². The van der Waals surface area contributed by atoms with E-state index in [2.05, 4.69) is 0 Å². The molecule has 14 nitrogen and oxygen atoms in total. The van der Waals surface area contributed by atoms with Gasteiger partial charge in [0.15, 0.2) is 5.78 Å². The van der Waals surface area contributed by atoms with Crippen molar-refractivity contribution in [2.75, 3.05) is 27.9 Å². The molecule has 1 saturated carbocycles. The van der Waals surface area contributed by atoms with Crippen molar-refractivity contribution in [1.82, 2.24) is 4.90 Å². The summed E-state index contributed by atoms with van der Waals surface area (Å²) in [4.78, 5) is 71.8. The van der Waals surface area contributed by atoms with E-state index in [9.17, 15) is 39.3 Å². The van der Waals surface area contributed by atoms with Crippen LogP contribution in [-0.4, -0.2) is 132 Å². The highest BCUT2D eigenvalue weighted by molar-refractivity contribution is 6.39. The molecule has 65 heavy (non-hydrogen) atoms. The number of ether oxygens (including phenoxy) is 5. The number of allylic oxidation sites excluding steroid dienone is 6. The van der Waals surface area contributed by atoms with Crippen LogP contribution in [-0.2, 0) is 47.7 Å². The molecule has 4 aliphatic rings. The number of fused-ring (bicyclic) bond motifs is 3. The van der Waals surface area contributed by atoms with Gasteiger partial charge in [-0.3, -0.25) is 19.2 Å². The van der Waals surface area contributed by atoms with Gasteiger partial charge in [0.2, 0.25) is 5.79 Å². The summed E-state index contributed by atoms with van der Waals surface area (Å²) in [5, 5.41) is 33.8. The molecule has 0 aromatic rings. The van der Waals surface area contributed by atoms with Gasteiger partial charge in [-0.05, 0) is 107 Å². The van der Waals surface area contributed by atoms with Crippen LogP contribution in [0.2, 0.25) is 0 Å². The standard InChI is InChI=1S/C51H79NO13/c1-30-16-12-11-13-17-31(2)42(61-8)28-38-21-19-36(7)51(60,65-38)48(57)49(58)52-23-15-14-18-39(52)50(59)64-43(33(4)26-37-20-22-40(53)44(27-37)62-9)29-41(54)32(3)25-35(6)46(56)47(63-10)45(55)34(5)24-30/h11-13,16-17,25,30,32-34,36-40,42-44,46-47,53,56,60H,14-15,18-24,26-29H2,1-10H3/b13-11+,16-12+,31-17+,35-25+/t30-,32-,33-,34-,36-,37+,38+,39+,40-,42+,43+,44-,46-,47+,51?/m1/s1. The van der Waals surface area contributed by atoms with Gasteiger partial charge in [0.05, 0.1) is 24.4 Å². The molecule has 0 aromatic heterocycles. The molecule has 15 atom stereocenters. The van der Waals surface area contributed by atoms with Crippen molar-refractivity contribution in [2.24, 2.45) is 35.5 Å². The Labute approximate surface area is 387 Å². The lowest BCUT2D eigenvalue weighted by Crippen LogP contribution is -2.61. The molecule has 0 spiro atoms. The molecule has 1 amide bonds. The van der Waals surface area contributed by atoms with E-state index in [0.29, 0.717) is 63.4 Å². The summed E-state index contributed by atoms with van der Waals surface area (Å²) < 4.78 is 29.4. The van der Waals surface area contributed by atoms with E-state index in [-0.39, 0.29) is 54.8 Å². The number of carbonyl (C=O) groups is 5. The van der Waals surface area contributed by atoms with Crippen molar-refractivity contribution in [3.63, 3.8) is 0 Å². The molecular weight excluding hydrogens is 835 g/mol. The molecule has 4 rings (SSSR count). The molecule has 3 fully saturated rings. The molecule has 1 unspecified atom stereocenters. The first-order valence-electron chi connectivity index (χ1n) is 23.9. The Hall–Kier alpha value is -3.37. The van der Waals surface area contributed by atoms with E-state index >= 15 is 0 Å². The number of hydrogen-bond acceptors (Lipinski definition) is 13. The highest BCUT2D eigenvalue weighted by Gasteiger charge is 2.53. The number of aliphatic hydroxyl groups excluding tert-OH is 2. The fourth-order valence-corrected chi connectivity index (χ4v) is 10.1. The highest BCUT2D eigenvalue weighted by Crippen LogP contribution is 2.38. The molecule has 0 radical (unpaired) electrons. The van der Waals surface area contributed by atoms with Gasteiger partial charge in [-0.1, -0.05) is 71.1 Å². The van der Waals surface area contributed by atoms with E-state index in [0.717, 1.165) is 12.0 Å². The number of amides is 1. The number of ketones is 3. The van der Waals surface area contributed by atoms with E-state index < -0.39 is 83.9 Å². The van der Waals surface area contributed by atoms with E-state index in [1.165, 1.54) is 12.0 Å². The molecule has 14 heteroatoms. The number of methoxy groups -OCH3 is 3. The SMILES string of the molecule is CO[C@H]1C[C@@H]2CC[C@@H](C)C(O)(O2)C(=O)C(=O)N2CCCC[C@H]2C(=O)O[C@H]([C@H](C)C[C@@H]2CC[C@@H](O)[C@H](OC)C2)CC(=O)[C@H](C)/C=C(\C)[C@@H](O)[C@@H](OC)C(=O)[C@H](C)C[C@H](C)/C=C/C=C/C=C/1C. The number of aliphatic hydroxyl groups is 3. The zero-order valence-corrected chi connectivity index (χ0v) is 40.6. The maximum Gasteiger partial charge on any atom is 0.329 e. The minimum Gasteiger partial charge on any atom is -0.460 e. The molecule has 366 valence electrons. The maximum absolute atomic E-state index is 14.4. The van der Waals surface area contributed by atoms with Crippen molar-refractivity contribution in [3.8, 4) is 0 Å². The monoisotopic (exact) mass is 914 g/mol. The number of carbonyl (C=O) groups excluding carboxylic acids is 5. The van der Waals surface area contributed by atoms with Crippen molar-refractivity contribution in [3.05, 3.63) is 47.6 Å². The third kappa shape index (κ3) is 14.3. The van der Waals surface area contributed by atoms with E-state index in [1.807, 2.05) is 58.1 Å². The normalized spacial score (nSPS) is 40.4. The Kier molecular flexibility index (Phi) is 21.0. The van der Waals surface area contributed by atoms with Gasteiger partial charge in [-0.25, -0.2) is 4.79 Å². The molecular formula is C51H79NO13. The second-order valence-electron chi connectivity index (χ2n) is 19.6. The van der Waals surface area contributed by atoms with E-state index in [1.54, 1.807) is 41.1 Å². The smallest absolute Gasteiger partial charge is 0.329 e. The Morgan fingerprint density at radius 1 is 0.846 bits per heavy atom. The average Bonchev–Trinajstić information content (AvgIpc) is 3.28. The Morgan fingerprint density at radius 2 is 1.57 bits per heavy atom. The summed E-state index contributed by atoms with van der Waals surface area (Å²) in [6.07, 6.45) is 11.2. The molecule has 2 bridgehead atoms. The largest absolute Gasteiger partial charge is 0.460 e. The second kappa shape index (κ2) is 25.1. The number of Topliss-reactive ketones (excluding diaryl/α,β-unsaturated/α-hetero) is 3. The summed E-state index contributed by atoms with van der Waals surface area (Å²) in [5.74, 6) is -7.96. The van der Waals surface area contributed by atoms with Gasteiger partial charge in [-0.2, -0.15) is 0 Å². The van der Waals surface area contributed by atoms with Crippen LogP contribution in [0.25, 0.3) is 0 Å². The predicted molar refractivity (Wildman–Crippen MR) is 245 cm³/mol. The molecule has 3 aliphatic heterocycles. The quantitative estimate of drug-likeness (QED) is 0.156. The summed E-state index contributed by atoms with van der Waals surface area (Å²) in [7, 11) is 4.52. The first kappa shape index (κ1) is 54.2. The zero-order valence-electron chi connectivity index (χ0n) is 40.6. The van der Waals surface area contributed by atoms with Crippen LogP contribution in [0.4, 0.5) is 0 Å². The van der Waals surface area contributed by atoms with E-state index in [4.69, 9.17) is 23.7 Å². The van der Waals surface area contributed by atoms with Crippen molar-refractivity contribution in [2.45, 2.75) is 180 Å². The van der Waals surface area contributed by atoms with Crippen LogP contribution in [0.1, 0.15) is 126 Å².